The molecule has 4 heteroatoms. The van der Waals surface area contributed by atoms with E-state index in [4.69, 9.17) is 0 Å². The van der Waals surface area contributed by atoms with Crippen LogP contribution in [0.25, 0.3) is 0 Å². The molecule has 0 aromatic rings. The van der Waals surface area contributed by atoms with Crippen molar-refractivity contribution in [3.05, 3.63) is 0 Å². The summed E-state index contributed by atoms with van der Waals surface area (Å²) in [6.45, 7) is 4.98. The Morgan fingerprint density at radius 1 is 0.400 bits per heavy atom. The lowest BCUT2D eigenvalue weighted by molar-refractivity contribution is 0.0502. The highest BCUT2D eigenvalue weighted by Gasteiger charge is 2.49. The predicted molar refractivity (Wildman–Crippen MR) is 78.9 cm³/mol. The Morgan fingerprint density at radius 3 is 0.900 bits per heavy atom. The highest BCUT2D eigenvalue weighted by atomic mass is 15.6. The summed E-state index contributed by atoms with van der Waals surface area (Å²) in [5.41, 5.74) is 0. The van der Waals surface area contributed by atoms with E-state index in [1.807, 2.05) is 0 Å². The number of nitrogens with zero attached hydrogens (tertiary/aromatic N) is 4. The van der Waals surface area contributed by atoms with E-state index in [2.05, 4.69) is 19.6 Å². The SMILES string of the molecule is C1CCC2C(C1)N1CN3CN2CN(C1)C1CCCCC13. The van der Waals surface area contributed by atoms with Crippen LogP contribution in [-0.4, -0.2) is 70.4 Å². The summed E-state index contributed by atoms with van der Waals surface area (Å²) in [5.74, 6) is 0. The molecule has 4 unspecified atom stereocenters. The van der Waals surface area contributed by atoms with Crippen molar-refractivity contribution in [2.45, 2.75) is 75.5 Å². The molecule has 0 N–H and O–H groups in total. The van der Waals surface area contributed by atoms with Gasteiger partial charge in [0.25, 0.3) is 0 Å². The van der Waals surface area contributed by atoms with E-state index >= 15 is 0 Å². The van der Waals surface area contributed by atoms with Crippen molar-refractivity contribution < 1.29 is 0 Å². The zero-order chi connectivity index (χ0) is 13.1. The van der Waals surface area contributed by atoms with E-state index in [1.165, 1.54) is 78.0 Å². The molecular formula is C16H28N4. The molecule has 4 aliphatic heterocycles. The maximum atomic E-state index is 2.84. The Morgan fingerprint density at radius 2 is 0.650 bits per heavy atom. The molecular weight excluding hydrogens is 248 g/mol. The monoisotopic (exact) mass is 276 g/mol. The summed E-state index contributed by atoms with van der Waals surface area (Å²) in [5, 5.41) is 0. The van der Waals surface area contributed by atoms with Gasteiger partial charge in [-0.1, -0.05) is 25.7 Å². The van der Waals surface area contributed by atoms with Crippen molar-refractivity contribution in [2.75, 3.05) is 26.7 Å². The zero-order valence-electron chi connectivity index (χ0n) is 12.6. The van der Waals surface area contributed by atoms with Gasteiger partial charge in [-0.05, 0) is 25.7 Å². The quantitative estimate of drug-likeness (QED) is 0.667. The molecule has 0 radical (unpaired) electrons. The summed E-state index contributed by atoms with van der Waals surface area (Å²) >= 11 is 0. The molecule has 0 spiro atoms. The second kappa shape index (κ2) is 4.67. The molecule has 112 valence electrons. The van der Waals surface area contributed by atoms with Crippen molar-refractivity contribution >= 4 is 0 Å². The minimum absolute atomic E-state index is 0.846. The Kier molecular flexibility index (Phi) is 2.89. The van der Waals surface area contributed by atoms with Crippen LogP contribution in [0.4, 0.5) is 0 Å². The van der Waals surface area contributed by atoms with Crippen LogP contribution in [0.15, 0.2) is 0 Å². The molecule has 6 fully saturated rings. The van der Waals surface area contributed by atoms with Gasteiger partial charge >= 0.3 is 0 Å². The third kappa shape index (κ3) is 1.75. The smallest absolute Gasteiger partial charge is 0.0537 e. The van der Waals surface area contributed by atoms with E-state index in [1.54, 1.807) is 0 Å². The number of hydrogen-bond acceptors (Lipinski definition) is 4. The molecule has 4 atom stereocenters. The first-order chi connectivity index (χ1) is 9.90. The minimum Gasteiger partial charge on any atom is -0.273 e. The van der Waals surface area contributed by atoms with Gasteiger partial charge in [-0.3, -0.25) is 19.6 Å². The first-order valence-electron chi connectivity index (χ1n) is 8.86. The fourth-order valence-corrected chi connectivity index (χ4v) is 5.84. The topological polar surface area (TPSA) is 13.0 Å². The lowest BCUT2D eigenvalue weighted by Crippen LogP contribution is -2.48. The Bertz CT molecular complexity index is 307. The molecule has 4 saturated heterocycles. The van der Waals surface area contributed by atoms with E-state index in [0.29, 0.717) is 0 Å². The lowest BCUT2D eigenvalue weighted by atomic mass is 9.89. The fraction of sp³-hybridized carbons (Fsp3) is 1.00. The first kappa shape index (κ1) is 12.4. The molecule has 0 aromatic heterocycles. The molecule has 2 aliphatic carbocycles. The second-order valence-electron chi connectivity index (χ2n) is 7.76. The van der Waals surface area contributed by atoms with Gasteiger partial charge in [-0.15, -0.1) is 0 Å². The van der Waals surface area contributed by atoms with E-state index in [0.717, 1.165) is 24.2 Å². The predicted octanol–water partition coefficient (Wildman–Crippen LogP) is 1.69. The van der Waals surface area contributed by atoms with Crippen molar-refractivity contribution in [1.82, 2.24) is 19.6 Å². The van der Waals surface area contributed by atoms with Crippen LogP contribution in [0.5, 0.6) is 0 Å². The van der Waals surface area contributed by atoms with Crippen molar-refractivity contribution in [1.29, 1.82) is 0 Å². The summed E-state index contributed by atoms with van der Waals surface area (Å²) in [6, 6.07) is 3.38. The van der Waals surface area contributed by atoms with E-state index in [9.17, 15) is 0 Å². The maximum Gasteiger partial charge on any atom is 0.0537 e. The molecule has 0 amide bonds. The summed E-state index contributed by atoms with van der Waals surface area (Å²) in [6.07, 6.45) is 11.6. The van der Waals surface area contributed by atoms with Crippen LogP contribution in [0.1, 0.15) is 51.4 Å². The molecule has 6 rings (SSSR count). The standard InChI is InChI=1S/C16H28N4/c1-2-6-14-13(5-1)17-9-19-11-18(14)12-20(10-17)16-8-4-3-7-15(16)19/h13-16H,1-12H2. The fourth-order valence-electron chi connectivity index (χ4n) is 5.84. The third-order valence-electron chi connectivity index (χ3n) is 6.72. The molecule has 2 saturated carbocycles. The molecule has 20 heavy (non-hydrogen) atoms. The normalized spacial score (nSPS) is 57.6. The summed E-state index contributed by atoms with van der Waals surface area (Å²) < 4.78 is 0. The minimum atomic E-state index is 0.846. The van der Waals surface area contributed by atoms with Gasteiger partial charge in [0.1, 0.15) is 0 Å². The van der Waals surface area contributed by atoms with Crippen LogP contribution in [-0.2, 0) is 0 Å². The van der Waals surface area contributed by atoms with Crippen LogP contribution in [0.3, 0.4) is 0 Å². The highest BCUT2D eigenvalue weighted by Crippen LogP contribution is 2.39. The molecule has 4 heterocycles. The largest absolute Gasteiger partial charge is 0.273 e. The zero-order valence-corrected chi connectivity index (χ0v) is 12.6. The Balaban J connectivity index is 1.54. The van der Waals surface area contributed by atoms with Crippen LogP contribution >= 0.6 is 0 Å². The molecule has 6 aliphatic rings. The van der Waals surface area contributed by atoms with Gasteiger partial charge < -0.3 is 0 Å². The average Bonchev–Trinajstić information content (AvgIpc) is 2.86. The van der Waals surface area contributed by atoms with Crippen molar-refractivity contribution in [3.8, 4) is 0 Å². The van der Waals surface area contributed by atoms with Crippen LogP contribution in [0, 0.1) is 0 Å². The van der Waals surface area contributed by atoms with Gasteiger partial charge in [0.2, 0.25) is 0 Å². The van der Waals surface area contributed by atoms with Crippen molar-refractivity contribution in [3.63, 3.8) is 0 Å². The molecule has 4 bridgehead atoms. The van der Waals surface area contributed by atoms with Gasteiger partial charge in [0.05, 0.1) is 26.7 Å². The summed E-state index contributed by atoms with van der Waals surface area (Å²) in [7, 11) is 0. The van der Waals surface area contributed by atoms with Crippen LogP contribution in [0.2, 0.25) is 0 Å². The Labute approximate surface area is 122 Å². The average molecular weight is 276 g/mol. The Hall–Kier alpha value is -0.160. The number of hydrogen-bond donors (Lipinski definition) is 0. The summed E-state index contributed by atoms with van der Waals surface area (Å²) in [4.78, 5) is 11.4. The molecule has 4 nitrogen and oxygen atoms in total. The highest BCUT2D eigenvalue weighted by molar-refractivity contribution is 5.02. The van der Waals surface area contributed by atoms with Gasteiger partial charge in [-0.25, -0.2) is 0 Å². The number of rotatable bonds is 0. The van der Waals surface area contributed by atoms with E-state index in [-0.39, 0.29) is 0 Å². The molecule has 0 aromatic carbocycles. The van der Waals surface area contributed by atoms with Gasteiger partial charge in [0, 0.05) is 24.2 Å². The first-order valence-corrected chi connectivity index (χ1v) is 8.86. The third-order valence-corrected chi connectivity index (χ3v) is 6.72. The van der Waals surface area contributed by atoms with Gasteiger partial charge in [-0.2, -0.15) is 0 Å². The van der Waals surface area contributed by atoms with Crippen molar-refractivity contribution in [2.24, 2.45) is 0 Å². The van der Waals surface area contributed by atoms with Crippen LogP contribution < -0.4 is 0 Å². The van der Waals surface area contributed by atoms with Gasteiger partial charge in [0.15, 0.2) is 0 Å². The van der Waals surface area contributed by atoms with E-state index < -0.39 is 0 Å². The maximum absolute atomic E-state index is 2.84. The lowest BCUT2D eigenvalue weighted by Gasteiger charge is -2.38. The second-order valence-corrected chi connectivity index (χ2v) is 7.76.